The number of ether oxygens (including phenoxy) is 1. The second-order valence-electron chi connectivity index (χ2n) is 4.12. The van der Waals surface area contributed by atoms with Crippen LogP contribution in [0.1, 0.15) is 15.9 Å². The molecule has 0 saturated carbocycles. The first-order chi connectivity index (χ1) is 10.2. The first-order valence-electron chi connectivity index (χ1n) is 6.33. The summed E-state index contributed by atoms with van der Waals surface area (Å²) in [4.78, 5) is 16.1. The minimum absolute atomic E-state index is 0.235. The zero-order chi connectivity index (χ0) is 15.1. The molecule has 106 valence electrons. The molecule has 2 rings (SSSR count). The normalized spacial score (nSPS) is 9.43. The number of rotatable bonds is 3. The van der Waals surface area contributed by atoms with Crippen molar-refractivity contribution in [2.75, 3.05) is 19.0 Å². The van der Waals surface area contributed by atoms with Crippen molar-refractivity contribution in [1.29, 1.82) is 0 Å². The number of carbonyl (C=O) groups is 1. The molecule has 0 aliphatic heterocycles. The Morgan fingerprint density at radius 1 is 1.43 bits per heavy atom. The van der Waals surface area contributed by atoms with E-state index in [2.05, 4.69) is 22.1 Å². The number of aromatic nitrogens is 1. The number of anilines is 1. The molecule has 1 aromatic heterocycles. The van der Waals surface area contributed by atoms with Gasteiger partial charge in [0.05, 0.1) is 31.1 Å². The molecule has 0 aliphatic carbocycles. The summed E-state index contributed by atoms with van der Waals surface area (Å²) in [7, 11) is 1.55. The van der Waals surface area contributed by atoms with Crippen molar-refractivity contribution in [3.8, 4) is 17.6 Å². The fourth-order valence-electron chi connectivity index (χ4n) is 1.73. The molecule has 1 heterocycles. The number of nitrogens with two attached hydrogens (primary N) is 1. The van der Waals surface area contributed by atoms with Gasteiger partial charge in [0.25, 0.3) is 5.91 Å². The van der Waals surface area contributed by atoms with Gasteiger partial charge in [-0.25, -0.2) is 0 Å². The van der Waals surface area contributed by atoms with Gasteiger partial charge < -0.3 is 15.8 Å². The summed E-state index contributed by atoms with van der Waals surface area (Å²) in [5.41, 5.74) is 7.11. The van der Waals surface area contributed by atoms with Crippen molar-refractivity contribution in [3.05, 3.63) is 53.9 Å². The van der Waals surface area contributed by atoms with E-state index in [4.69, 9.17) is 10.5 Å². The van der Waals surface area contributed by atoms with E-state index in [-0.39, 0.29) is 12.5 Å². The molecule has 5 nitrogen and oxygen atoms in total. The lowest BCUT2D eigenvalue weighted by Gasteiger charge is -2.07. The predicted octanol–water partition coefficient (Wildman–Crippen LogP) is 1.65. The van der Waals surface area contributed by atoms with Crippen LogP contribution in [0.4, 0.5) is 5.69 Å². The van der Waals surface area contributed by atoms with Gasteiger partial charge in [-0.05, 0) is 30.3 Å². The van der Waals surface area contributed by atoms with E-state index >= 15 is 0 Å². The standard InChI is InChI=1S/C16H15N3O2/c1-21-15-7-6-13(10-12(15)4-2-8-17)16(20)19-14-5-3-9-18-11-14/h3,5-7,9-11H,8,17H2,1H3,(H,19,20). The van der Waals surface area contributed by atoms with Gasteiger partial charge in [0.1, 0.15) is 5.75 Å². The second kappa shape index (κ2) is 7.08. The molecule has 0 aliphatic rings. The third-order valence-electron chi connectivity index (χ3n) is 2.71. The number of pyridine rings is 1. The van der Waals surface area contributed by atoms with Crippen molar-refractivity contribution >= 4 is 11.6 Å². The number of carbonyl (C=O) groups excluding carboxylic acids is 1. The summed E-state index contributed by atoms with van der Waals surface area (Å²) in [6, 6.07) is 8.58. The van der Waals surface area contributed by atoms with Crippen LogP contribution in [-0.4, -0.2) is 24.5 Å². The van der Waals surface area contributed by atoms with Gasteiger partial charge in [-0.3, -0.25) is 9.78 Å². The quantitative estimate of drug-likeness (QED) is 0.839. The fourth-order valence-corrected chi connectivity index (χ4v) is 1.73. The molecule has 2 aromatic rings. The van der Waals surface area contributed by atoms with Gasteiger partial charge in [0.15, 0.2) is 0 Å². The number of benzene rings is 1. The monoisotopic (exact) mass is 281 g/mol. The Kier molecular flexibility index (Phi) is 4.91. The average molecular weight is 281 g/mol. The predicted molar refractivity (Wildman–Crippen MR) is 81.1 cm³/mol. The first-order valence-corrected chi connectivity index (χ1v) is 6.33. The van der Waals surface area contributed by atoms with Crippen LogP contribution in [-0.2, 0) is 0 Å². The van der Waals surface area contributed by atoms with Crippen LogP contribution in [0.15, 0.2) is 42.7 Å². The zero-order valence-electron chi connectivity index (χ0n) is 11.6. The summed E-state index contributed by atoms with van der Waals surface area (Å²) in [5.74, 6) is 6.01. The average Bonchev–Trinajstić information content (AvgIpc) is 2.53. The van der Waals surface area contributed by atoms with Crippen molar-refractivity contribution < 1.29 is 9.53 Å². The Labute approximate surface area is 123 Å². The summed E-state index contributed by atoms with van der Waals surface area (Å²) >= 11 is 0. The molecule has 0 unspecified atom stereocenters. The minimum Gasteiger partial charge on any atom is -0.495 e. The Hall–Kier alpha value is -2.84. The smallest absolute Gasteiger partial charge is 0.255 e. The first kappa shape index (κ1) is 14.6. The topological polar surface area (TPSA) is 77.2 Å². The number of nitrogens with one attached hydrogen (secondary N) is 1. The molecule has 5 heteroatoms. The highest BCUT2D eigenvalue weighted by atomic mass is 16.5. The molecule has 3 N–H and O–H groups in total. The summed E-state index contributed by atoms with van der Waals surface area (Å²) < 4.78 is 5.21. The maximum absolute atomic E-state index is 12.2. The van der Waals surface area contributed by atoms with Crippen molar-refractivity contribution in [2.24, 2.45) is 5.73 Å². The number of methoxy groups -OCH3 is 1. The van der Waals surface area contributed by atoms with Crippen LogP contribution in [0.25, 0.3) is 0 Å². The van der Waals surface area contributed by atoms with Gasteiger partial charge in [-0.2, -0.15) is 0 Å². The van der Waals surface area contributed by atoms with E-state index in [1.54, 1.807) is 49.8 Å². The van der Waals surface area contributed by atoms with Gasteiger partial charge in [-0.15, -0.1) is 0 Å². The van der Waals surface area contributed by atoms with E-state index in [0.29, 0.717) is 22.6 Å². The minimum atomic E-state index is -0.235. The lowest BCUT2D eigenvalue weighted by molar-refractivity contribution is 0.102. The molecule has 0 saturated heterocycles. The highest BCUT2D eigenvalue weighted by Crippen LogP contribution is 2.19. The van der Waals surface area contributed by atoms with Crippen LogP contribution in [0, 0.1) is 11.8 Å². The molecular formula is C16H15N3O2. The number of amides is 1. The van der Waals surface area contributed by atoms with Crippen LogP contribution >= 0.6 is 0 Å². The molecule has 0 spiro atoms. The Balaban J connectivity index is 2.25. The lowest BCUT2D eigenvalue weighted by atomic mass is 10.1. The van der Waals surface area contributed by atoms with Gasteiger partial charge in [0.2, 0.25) is 0 Å². The molecule has 0 bridgehead atoms. The largest absolute Gasteiger partial charge is 0.495 e. The molecule has 21 heavy (non-hydrogen) atoms. The van der Waals surface area contributed by atoms with Crippen LogP contribution in [0.2, 0.25) is 0 Å². The molecule has 1 aromatic carbocycles. The van der Waals surface area contributed by atoms with Crippen molar-refractivity contribution in [3.63, 3.8) is 0 Å². The van der Waals surface area contributed by atoms with Gasteiger partial charge in [0, 0.05) is 11.8 Å². The Morgan fingerprint density at radius 2 is 2.29 bits per heavy atom. The Morgan fingerprint density at radius 3 is 2.95 bits per heavy atom. The maximum atomic E-state index is 12.2. The summed E-state index contributed by atoms with van der Waals surface area (Å²) in [6.45, 7) is 0.245. The van der Waals surface area contributed by atoms with Crippen molar-refractivity contribution in [2.45, 2.75) is 0 Å². The van der Waals surface area contributed by atoms with Gasteiger partial charge >= 0.3 is 0 Å². The molecule has 0 fully saturated rings. The third-order valence-corrected chi connectivity index (χ3v) is 2.71. The van der Waals surface area contributed by atoms with Crippen LogP contribution in [0.5, 0.6) is 5.75 Å². The van der Waals surface area contributed by atoms with E-state index in [1.807, 2.05) is 0 Å². The van der Waals surface area contributed by atoms with E-state index in [9.17, 15) is 4.79 Å². The lowest BCUT2D eigenvalue weighted by Crippen LogP contribution is -2.12. The zero-order valence-corrected chi connectivity index (χ0v) is 11.6. The van der Waals surface area contributed by atoms with Crippen molar-refractivity contribution in [1.82, 2.24) is 4.98 Å². The molecule has 0 radical (unpaired) electrons. The maximum Gasteiger partial charge on any atom is 0.255 e. The highest BCUT2D eigenvalue weighted by Gasteiger charge is 2.09. The number of hydrogen-bond acceptors (Lipinski definition) is 4. The molecular weight excluding hydrogens is 266 g/mol. The fraction of sp³-hybridized carbons (Fsp3) is 0.125. The summed E-state index contributed by atoms with van der Waals surface area (Å²) in [5, 5.41) is 2.76. The summed E-state index contributed by atoms with van der Waals surface area (Å²) in [6.07, 6.45) is 3.22. The Bertz CT molecular complexity index is 688. The van der Waals surface area contributed by atoms with Crippen LogP contribution in [0.3, 0.4) is 0 Å². The number of hydrogen-bond donors (Lipinski definition) is 2. The molecule has 1 amide bonds. The van der Waals surface area contributed by atoms with Crippen LogP contribution < -0.4 is 15.8 Å². The van der Waals surface area contributed by atoms with E-state index in [0.717, 1.165) is 0 Å². The van der Waals surface area contributed by atoms with E-state index < -0.39 is 0 Å². The van der Waals surface area contributed by atoms with Gasteiger partial charge in [-0.1, -0.05) is 11.8 Å². The van der Waals surface area contributed by atoms with E-state index in [1.165, 1.54) is 0 Å². The highest BCUT2D eigenvalue weighted by molar-refractivity contribution is 6.04. The SMILES string of the molecule is COc1ccc(C(=O)Nc2cccnc2)cc1C#CCN. The molecule has 0 atom stereocenters. The second-order valence-corrected chi connectivity index (χ2v) is 4.12. The third kappa shape index (κ3) is 3.81. The number of nitrogens with zero attached hydrogens (tertiary/aromatic N) is 1.